The Bertz CT molecular complexity index is 1120. The summed E-state index contributed by atoms with van der Waals surface area (Å²) in [5.41, 5.74) is -2.88. The summed E-state index contributed by atoms with van der Waals surface area (Å²) in [6, 6.07) is 0. The van der Waals surface area contributed by atoms with Gasteiger partial charge in [0.25, 0.3) is 0 Å². The van der Waals surface area contributed by atoms with E-state index >= 15 is 0 Å². The minimum atomic E-state index is -1.55. The first kappa shape index (κ1) is 27.0. The Morgan fingerprint density at radius 3 is 1.85 bits per heavy atom. The molecule has 2 rings (SSSR count). The van der Waals surface area contributed by atoms with E-state index in [1.165, 1.54) is 20.8 Å². The van der Waals surface area contributed by atoms with Crippen LogP contribution in [-0.4, -0.2) is 42.9 Å². The fourth-order valence-corrected chi connectivity index (χ4v) is 3.91. The van der Waals surface area contributed by atoms with E-state index in [2.05, 4.69) is 0 Å². The van der Waals surface area contributed by atoms with E-state index in [0.29, 0.717) is 12.8 Å². The average molecular weight is 475 g/mol. The molecule has 8 heteroatoms. The molecular weight excluding hydrogens is 440 g/mol. The van der Waals surface area contributed by atoms with Crippen molar-refractivity contribution in [3.05, 3.63) is 39.4 Å². The van der Waals surface area contributed by atoms with Crippen LogP contribution in [0, 0.1) is 24.2 Å². The zero-order valence-electron chi connectivity index (χ0n) is 20.7. The standard InChI is InChI=1S/C26H34O8/c1-8-11(3)18(27)16-21(30)13(5)20(29)14(22(16)31)10-15-23(32)17(19(28)12(4)9-2)25(34)26(6,7)24(15)33/h11-12,29-33H,8-10H2,1-7H3. The van der Waals surface area contributed by atoms with Gasteiger partial charge in [-0.1, -0.05) is 27.7 Å². The van der Waals surface area contributed by atoms with Crippen LogP contribution in [0.2, 0.25) is 0 Å². The molecule has 1 aromatic carbocycles. The second-order valence-corrected chi connectivity index (χ2v) is 9.55. The summed E-state index contributed by atoms with van der Waals surface area (Å²) in [6.45, 7) is 11.0. The molecule has 0 aliphatic heterocycles. The molecule has 0 heterocycles. The third-order valence-electron chi connectivity index (χ3n) is 6.92. The summed E-state index contributed by atoms with van der Waals surface area (Å²) in [7, 11) is 0. The second kappa shape index (κ2) is 9.52. The van der Waals surface area contributed by atoms with Gasteiger partial charge in [-0.05, 0) is 33.6 Å². The van der Waals surface area contributed by atoms with E-state index in [1.807, 2.05) is 0 Å². The molecule has 0 fully saturated rings. The van der Waals surface area contributed by atoms with Crippen LogP contribution in [0.15, 0.2) is 22.7 Å². The zero-order valence-corrected chi connectivity index (χ0v) is 20.7. The van der Waals surface area contributed by atoms with Crippen LogP contribution < -0.4 is 0 Å². The van der Waals surface area contributed by atoms with Crippen LogP contribution in [0.1, 0.15) is 75.9 Å². The number of carbonyl (C=O) groups excluding carboxylic acids is 3. The Morgan fingerprint density at radius 2 is 1.35 bits per heavy atom. The normalized spacial score (nSPS) is 17.7. The average Bonchev–Trinajstić information content (AvgIpc) is 2.80. The monoisotopic (exact) mass is 474 g/mol. The van der Waals surface area contributed by atoms with Gasteiger partial charge >= 0.3 is 0 Å². The van der Waals surface area contributed by atoms with Crippen molar-refractivity contribution in [2.75, 3.05) is 0 Å². The first-order chi connectivity index (χ1) is 15.6. The summed E-state index contributed by atoms with van der Waals surface area (Å²) in [5.74, 6) is -5.97. The molecule has 0 saturated carbocycles. The van der Waals surface area contributed by atoms with E-state index in [9.17, 15) is 39.9 Å². The van der Waals surface area contributed by atoms with E-state index in [-0.39, 0.29) is 22.3 Å². The molecule has 0 bridgehead atoms. The van der Waals surface area contributed by atoms with Gasteiger partial charge in [-0.3, -0.25) is 14.4 Å². The van der Waals surface area contributed by atoms with Crippen molar-refractivity contribution < 1.29 is 39.9 Å². The molecule has 1 aliphatic rings. The number of aromatic hydroxyl groups is 3. The molecule has 34 heavy (non-hydrogen) atoms. The van der Waals surface area contributed by atoms with Gasteiger partial charge in [0.05, 0.1) is 5.41 Å². The van der Waals surface area contributed by atoms with Crippen LogP contribution in [0.3, 0.4) is 0 Å². The fourth-order valence-electron chi connectivity index (χ4n) is 3.91. The van der Waals surface area contributed by atoms with E-state index < -0.39 is 75.4 Å². The number of ketones is 3. The SMILES string of the molecule is CCC(C)C(=O)C1=C(O)C(Cc2c(O)c(C)c(O)c(C(=O)C(C)CC)c2O)=C(O)C(C)(C)C1=O. The molecule has 0 saturated heterocycles. The topological polar surface area (TPSA) is 152 Å². The molecule has 186 valence electrons. The van der Waals surface area contributed by atoms with Crippen LogP contribution >= 0.6 is 0 Å². The van der Waals surface area contributed by atoms with Crippen molar-refractivity contribution in [1.29, 1.82) is 0 Å². The molecule has 0 aromatic heterocycles. The number of carbonyl (C=O) groups is 3. The van der Waals surface area contributed by atoms with Crippen LogP contribution in [0.25, 0.3) is 0 Å². The number of phenols is 3. The van der Waals surface area contributed by atoms with E-state index in [4.69, 9.17) is 0 Å². The van der Waals surface area contributed by atoms with Crippen molar-refractivity contribution in [2.24, 2.45) is 17.3 Å². The van der Waals surface area contributed by atoms with Crippen LogP contribution in [-0.2, 0) is 16.0 Å². The molecule has 1 aliphatic carbocycles. The lowest BCUT2D eigenvalue weighted by molar-refractivity contribution is -0.128. The lowest BCUT2D eigenvalue weighted by Crippen LogP contribution is -2.38. The molecule has 1 aromatic rings. The van der Waals surface area contributed by atoms with E-state index in [1.54, 1.807) is 27.7 Å². The Balaban J connectivity index is 2.81. The van der Waals surface area contributed by atoms with Gasteiger partial charge < -0.3 is 25.5 Å². The van der Waals surface area contributed by atoms with Gasteiger partial charge in [-0.25, -0.2) is 0 Å². The number of phenolic OH excluding ortho intramolecular Hbond substituents is 3. The number of Topliss-reactive ketones (excluding diaryl/α,β-unsaturated/α-hetero) is 3. The Hall–Kier alpha value is -3.29. The lowest BCUT2D eigenvalue weighted by atomic mass is 9.72. The van der Waals surface area contributed by atoms with Crippen molar-refractivity contribution in [3.63, 3.8) is 0 Å². The zero-order chi connectivity index (χ0) is 26.3. The lowest BCUT2D eigenvalue weighted by Gasteiger charge is -2.32. The van der Waals surface area contributed by atoms with Crippen molar-refractivity contribution in [1.82, 2.24) is 0 Å². The Morgan fingerprint density at radius 1 is 0.853 bits per heavy atom. The molecule has 5 N–H and O–H groups in total. The fraction of sp³-hybridized carbons (Fsp3) is 0.500. The highest BCUT2D eigenvalue weighted by molar-refractivity contribution is 6.24. The molecule has 2 atom stereocenters. The summed E-state index contributed by atoms with van der Waals surface area (Å²) in [5, 5.41) is 53.9. The molecule has 0 spiro atoms. The minimum Gasteiger partial charge on any atom is -0.511 e. The van der Waals surface area contributed by atoms with Crippen molar-refractivity contribution in [2.45, 2.75) is 67.7 Å². The third-order valence-corrected chi connectivity index (χ3v) is 6.92. The molecule has 2 unspecified atom stereocenters. The van der Waals surface area contributed by atoms with Crippen LogP contribution in [0.4, 0.5) is 0 Å². The summed E-state index contributed by atoms with van der Waals surface area (Å²) >= 11 is 0. The first-order valence-electron chi connectivity index (χ1n) is 11.4. The minimum absolute atomic E-state index is 0.0648. The predicted molar refractivity (Wildman–Crippen MR) is 126 cm³/mol. The third kappa shape index (κ3) is 4.17. The van der Waals surface area contributed by atoms with Crippen LogP contribution in [0.5, 0.6) is 17.2 Å². The molecule has 8 nitrogen and oxygen atoms in total. The number of hydrogen-bond acceptors (Lipinski definition) is 8. The number of hydrogen-bond donors (Lipinski definition) is 5. The Labute approximate surface area is 199 Å². The maximum atomic E-state index is 13.0. The highest BCUT2D eigenvalue weighted by Crippen LogP contribution is 2.47. The summed E-state index contributed by atoms with van der Waals surface area (Å²) in [4.78, 5) is 38.7. The van der Waals surface area contributed by atoms with Gasteiger partial charge in [0.15, 0.2) is 17.3 Å². The van der Waals surface area contributed by atoms with Gasteiger partial charge in [0.1, 0.15) is 39.9 Å². The highest BCUT2D eigenvalue weighted by atomic mass is 16.3. The predicted octanol–water partition coefficient (Wildman–Crippen LogP) is 4.73. The Kier molecular flexibility index (Phi) is 7.55. The second-order valence-electron chi connectivity index (χ2n) is 9.55. The van der Waals surface area contributed by atoms with Gasteiger partial charge in [-0.15, -0.1) is 0 Å². The smallest absolute Gasteiger partial charge is 0.183 e. The number of aliphatic hydroxyl groups is 2. The number of aliphatic hydroxyl groups excluding tert-OH is 2. The van der Waals surface area contributed by atoms with Crippen molar-refractivity contribution in [3.8, 4) is 17.2 Å². The largest absolute Gasteiger partial charge is 0.511 e. The number of allylic oxidation sites excluding steroid dienone is 3. The maximum Gasteiger partial charge on any atom is 0.183 e. The maximum absolute atomic E-state index is 13.0. The quantitative estimate of drug-likeness (QED) is 0.268. The van der Waals surface area contributed by atoms with Gasteiger partial charge in [0.2, 0.25) is 0 Å². The van der Waals surface area contributed by atoms with Gasteiger partial charge in [-0.2, -0.15) is 0 Å². The first-order valence-corrected chi connectivity index (χ1v) is 11.4. The summed E-state index contributed by atoms with van der Waals surface area (Å²) < 4.78 is 0. The summed E-state index contributed by atoms with van der Waals surface area (Å²) in [6.07, 6.45) is 0.374. The highest BCUT2D eigenvalue weighted by Gasteiger charge is 2.46. The number of benzene rings is 1. The van der Waals surface area contributed by atoms with Gasteiger partial charge in [0, 0.05) is 35.0 Å². The van der Waals surface area contributed by atoms with Crippen molar-refractivity contribution >= 4 is 17.3 Å². The molecule has 0 amide bonds. The van der Waals surface area contributed by atoms with E-state index in [0.717, 1.165) is 0 Å². The molecular formula is C26H34O8. The molecule has 0 radical (unpaired) electrons. The number of rotatable bonds is 8.